The van der Waals surface area contributed by atoms with Gasteiger partial charge in [0.2, 0.25) is 5.16 Å². The van der Waals surface area contributed by atoms with Crippen LogP contribution in [-0.2, 0) is 6.42 Å². The Bertz CT molecular complexity index is 508. The summed E-state index contributed by atoms with van der Waals surface area (Å²) in [7, 11) is 0. The molecule has 0 spiro atoms. The second-order valence-electron chi connectivity index (χ2n) is 3.46. The summed E-state index contributed by atoms with van der Waals surface area (Å²) in [5.74, 6) is 2.44. The van der Waals surface area contributed by atoms with Crippen molar-refractivity contribution in [3.05, 3.63) is 29.5 Å². The van der Waals surface area contributed by atoms with E-state index in [1.807, 2.05) is 32.2 Å². The number of hydrogen-bond acceptors (Lipinski definition) is 5. The molecular weight excluding hydrogens is 236 g/mol. The highest BCUT2D eigenvalue weighted by atomic mass is 32.2. The van der Waals surface area contributed by atoms with Gasteiger partial charge in [0.05, 0.1) is 6.21 Å². The van der Waals surface area contributed by atoms with E-state index < -0.39 is 0 Å². The molecule has 2 aromatic rings. The van der Waals surface area contributed by atoms with E-state index in [1.54, 1.807) is 10.9 Å². The van der Waals surface area contributed by atoms with E-state index in [-0.39, 0.29) is 0 Å². The van der Waals surface area contributed by atoms with Crippen LogP contribution in [0.4, 0.5) is 0 Å². The molecule has 0 unspecified atom stereocenters. The van der Waals surface area contributed by atoms with Gasteiger partial charge in [-0.05, 0) is 25.3 Å². The highest BCUT2D eigenvalue weighted by Gasteiger charge is 2.08. The lowest BCUT2D eigenvalue weighted by atomic mass is 10.4. The molecule has 2 rings (SSSR count). The second kappa shape index (κ2) is 5.18. The summed E-state index contributed by atoms with van der Waals surface area (Å²) in [6, 6.07) is 3.79. The van der Waals surface area contributed by atoms with Gasteiger partial charge in [-0.15, -0.1) is 10.2 Å². The summed E-state index contributed by atoms with van der Waals surface area (Å²) in [5, 5.41) is 13.2. The number of furan rings is 1. The van der Waals surface area contributed by atoms with Gasteiger partial charge in [-0.3, -0.25) is 0 Å². The van der Waals surface area contributed by atoms with Crippen molar-refractivity contribution in [2.24, 2.45) is 5.10 Å². The van der Waals surface area contributed by atoms with Gasteiger partial charge in [0.25, 0.3) is 0 Å². The molecule has 0 aliphatic rings. The molecule has 0 atom stereocenters. The Morgan fingerprint density at radius 1 is 1.47 bits per heavy atom. The van der Waals surface area contributed by atoms with Crippen LogP contribution in [0.25, 0.3) is 0 Å². The van der Waals surface area contributed by atoms with Gasteiger partial charge in [-0.25, -0.2) is 0 Å². The lowest BCUT2D eigenvalue weighted by Gasteiger charge is -1.99. The Labute approximate surface area is 104 Å². The van der Waals surface area contributed by atoms with Gasteiger partial charge in [0.15, 0.2) is 5.82 Å². The average molecular weight is 250 g/mol. The molecule has 0 fully saturated rings. The highest BCUT2D eigenvalue weighted by Crippen LogP contribution is 2.14. The third-order valence-corrected chi connectivity index (χ3v) is 2.86. The van der Waals surface area contributed by atoms with Gasteiger partial charge >= 0.3 is 0 Å². The second-order valence-corrected chi connectivity index (χ2v) is 4.23. The Hall–Kier alpha value is -1.56. The zero-order valence-electron chi connectivity index (χ0n) is 10.0. The van der Waals surface area contributed by atoms with Crippen molar-refractivity contribution in [2.75, 3.05) is 6.26 Å². The fourth-order valence-corrected chi connectivity index (χ4v) is 1.84. The number of aryl methyl sites for hydroxylation is 2. The highest BCUT2D eigenvalue weighted by molar-refractivity contribution is 7.98. The maximum absolute atomic E-state index is 5.42. The average Bonchev–Trinajstić information content (AvgIpc) is 2.91. The number of hydrogen-bond donors (Lipinski definition) is 0. The van der Waals surface area contributed by atoms with Gasteiger partial charge in [0.1, 0.15) is 11.5 Å². The first kappa shape index (κ1) is 11.9. The molecule has 2 aromatic heterocycles. The van der Waals surface area contributed by atoms with Crippen molar-refractivity contribution in [3.8, 4) is 0 Å². The van der Waals surface area contributed by atoms with Crippen LogP contribution in [0, 0.1) is 6.92 Å². The van der Waals surface area contributed by atoms with Crippen molar-refractivity contribution in [1.82, 2.24) is 14.9 Å². The summed E-state index contributed by atoms with van der Waals surface area (Å²) in [5.41, 5.74) is 0. The van der Waals surface area contributed by atoms with Gasteiger partial charge < -0.3 is 4.42 Å². The number of aromatic nitrogens is 3. The van der Waals surface area contributed by atoms with Crippen molar-refractivity contribution in [1.29, 1.82) is 0 Å². The predicted octanol–water partition coefficient (Wildman–Crippen LogP) is 2.35. The van der Waals surface area contributed by atoms with Crippen LogP contribution in [0.2, 0.25) is 0 Å². The third kappa shape index (κ3) is 2.58. The smallest absolute Gasteiger partial charge is 0.211 e. The van der Waals surface area contributed by atoms with E-state index >= 15 is 0 Å². The lowest BCUT2D eigenvalue weighted by Crippen LogP contribution is -1.98. The van der Waals surface area contributed by atoms with Crippen LogP contribution in [0.3, 0.4) is 0 Å². The van der Waals surface area contributed by atoms with Gasteiger partial charge in [-0.2, -0.15) is 9.78 Å². The summed E-state index contributed by atoms with van der Waals surface area (Å²) < 4.78 is 7.16. The standard InChI is InChI=1S/C11H14N4OS/c1-4-10-13-14-11(17-3)15(10)12-7-9-6-5-8(2)16-9/h5-7H,4H2,1-3H3/b12-7-. The molecule has 0 bridgehead atoms. The zero-order valence-corrected chi connectivity index (χ0v) is 10.9. The van der Waals surface area contributed by atoms with Crippen LogP contribution in [0.5, 0.6) is 0 Å². The van der Waals surface area contributed by atoms with E-state index in [4.69, 9.17) is 4.42 Å². The van der Waals surface area contributed by atoms with E-state index in [1.165, 1.54) is 11.8 Å². The molecule has 0 amide bonds. The molecule has 2 heterocycles. The van der Waals surface area contributed by atoms with E-state index in [9.17, 15) is 0 Å². The molecule has 5 nitrogen and oxygen atoms in total. The van der Waals surface area contributed by atoms with Crippen molar-refractivity contribution in [2.45, 2.75) is 25.4 Å². The largest absolute Gasteiger partial charge is 0.460 e. The van der Waals surface area contributed by atoms with Crippen LogP contribution >= 0.6 is 11.8 Å². The molecule has 0 saturated carbocycles. The number of nitrogens with zero attached hydrogens (tertiary/aromatic N) is 4. The fraction of sp³-hybridized carbons (Fsp3) is 0.364. The Kier molecular flexibility index (Phi) is 3.63. The van der Waals surface area contributed by atoms with Crippen LogP contribution in [0.15, 0.2) is 26.8 Å². The monoisotopic (exact) mass is 250 g/mol. The first-order valence-electron chi connectivity index (χ1n) is 5.33. The molecule has 0 aromatic carbocycles. The molecular formula is C11H14N4OS. The van der Waals surface area contributed by atoms with E-state index in [2.05, 4.69) is 15.3 Å². The molecule has 6 heteroatoms. The van der Waals surface area contributed by atoms with Crippen molar-refractivity contribution >= 4 is 18.0 Å². The first-order chi connectivity index (χ1) is 8.24. The van der Waals surface area contributed by atoms with Crippen molar-refractivity contribution in [3.63, 3.8) is 0 Å². The third-order valence-electron chi connectivity index (χ3n) is 2.24. The fourth-order valence-electron chi connectivity index (χ4n) is 1.40. The SMILES string of the molecule is CCc1nnc(SC)n1/N=C\c1ccc(C)o1. The minimum Gasteiger partial charge on any atom is -0.460 e. The minimum atomic E-state index is 0.727. The quantitative estimate of drug-likeness (QED) is 0.617. The van der Waals surface area contributed by atoms with Gasteiger partial charge in [0, 0.05) is 6.42 Å². The molecule has 0 N–H and O–H groups in total. The first-order valence-corrected chi connectivity index (χ1v) is 6.56. The van der Waals surface area contributed by atoms with E-state index in [0.717, 1.165) is 28.9 Å². The molecule has 0 aliphatic heterocycles. The maximum Gasteiger partial charge on any atom is 0.211 e. The molecule has 0 saturated heterocycles. The molecule has 90 valence electrons. The van der Waals surface area contributed by atoms with Crippen LogP contribution in [-0.4, -0.2) is 27.3 Å². The molecule has 0 radical (unpaired) electrons. The summed E-state index contributed by atoms with van der Waals surface area (Å²) in [4.78, 5) is 0. The molecule has 17 heavy (non-hydrogen) atoms. The normalized spacial score (nSPS) is 11.5. The van der Waals surface area contributed by atoms with Crippen molar-refractivity contribution < 1.29 is 4.42 Å². The summed E-state index contributed by atoms with van der Waals surface area (Å²) in [6.07, 6.45) is 4.42. The number of thioether (sulfide) groups is 1. The topological polar surface area (TPSA) is 56.2 Å². The minimum absolute atomic E-state index is 0.727. The van der Waals surface area contributed by atoms with Crippen LogP contribution < -0.4 is 0 Å². The number of rotatable bonds is 4. The maximum atomic E-state index is 5.42. The Balaban J connectivity index is 2.28. The molecule has 0 aliphatic carbocycles. The Morgan fingerprint density at radius 3 is 2.88 bits per heavy atom. The predicted molar refractivity (Wildman–Crippen MR) is 67.6 cm³/mol. The van der Waals surface area contributed by atoms with E-state index in [0.29, 0.717) is 0 Å². The van der Waals surface area contributed by atoms with Crippen LogP contribution in [0.1, 0.15) is 24.3 Å². The summed E-state index contributed by atoms with van der Waals surface area (Å²) in [6.45, 7) is 3.93. The Morgan fingerprint density at radius 2 is 2.29 bits per heavy atom. The zero-order chi connectivity index (χ0) is 12.3. The lowest BCUT2D eigenvalue weighted by molar-refractivity contribution is 0.527. The van der Waals surface area contributed by atoms with Gasteiger partial charge in [-0.1, -0.05) is 18.7 Å². The summed E-state index contributed by atoms with van der Waals surface area (Å²) >= 11 is 1.52.